The third-order valence-electron chi connectivity index (χ3n) is 4.73. The number of rotatable bonds is 5. The highest BCUT2D eigenvalue weighted by molar-refractivity contribution is 6.30. The summed E-state index contributed by atoms with van der Waals surface area (Å²) in [5, 5.41) is 12.7. The quantitative estimate of drug-likeness (QED) is 0.772. The maximum Gasteiger partial charge on any atom is 0.254 e. The molecule has 2 aromatic carbocycles. The van der Waals surface area contributed by atoms with Crippen LogP contribution in [0.4, 0.5) is 13.2 Å². The van der Waals surface area contributed by atoms with Crippen molar-refractivity contribution < 1.29 is 27.9 Å². The van der Waals surface area contributed by atoms with E-state index in [1.54, 1.807) is 0 Å². The zero-order chi connectivity index (χ0) is 21.1. The summed E-state index contributed by atoms with van der Waals surface area (Å²) in [5.74, 6) is -3.72. The summed E-state index contributed by atoms with van der Waals surface area (Å²) in [6.45, 7) is 0.266. The molecule has 5 nitrogen and oxygen atoms in total. The normalized spacial score (nSPS) is 17.9. The number of carbonyl (C=O) groups excluding carboxylic acids is 2. The minimum absolute atomic E-state index is 0.0777. The van der Waals surface area contributed by atoms with Crippen LogP contribution in [0.1, 0.15) is 30.1 Å². The number of piperidine rings is 1. The van der Waals surface area contributed by atoms with Gasteiger partial charge in [0.1, 0.15) is 23.5 Å². The number of halogens is 4. The highest BCUT2D eigenvalue weighted by atomic mass is 35.5. The van der Waals surface area contributed by atoms with Crippen LogP contribution in [0.3, 0.4) is 0 Å². The Bertz CT molecular complexity index is 941. The van der Waals surface area contributed by atoms with Gasteiger partial charge in [0.05, 0.1) is 0 Å². The number of likely N-dealkylation sites (tertiary alicyclic amines) is 1. The predicted octanol–water partition coefficient (Wildman–Crippen LogP) is 3.10. The van der Waals surface area contributed by atoms with Gasteiger partial charge >= 0.3 is 0 Å². The van der Waals surface area contributed by atoms with E-state index < -0.39 is 41.4 Å². The van der Waals surface area contributed by atoms with Gasteiger partial charge in [0.15, 0.2) is 6.10 Å². The lowest BCUT2D eigenvalue weighted by molar-refractivity contribution is -0.141. The molecule has 0 radical (unpaired) electrons. The van der Waals surface area contributed by atoms with Crippen molar-refractivity contribution in [3.8, 4) is 0 Å². The summed E-state index contributed by atoms with van der Waals surface area (Å²) in [6, 6.07) is 5.65. The lowest BCUT2D eigenvalue weighted by atomic mass is 10.0. The molecule has 1 heterocycles. The van der Waals surface area contributed by atoms with Crippen LogP contribution in [0.15, 0.2) is 36.4 Å². The molecule has 1 aliphatic rings. The Balaban J connectivity index is 1.67. The van der Waals surface area contributed by atoms with Gasteiger partial charge in [-0.15, -0.1) is 0 Å². The molecule has 0 saturated carbocycles. The van der Waals surface area contributed by atoms with Crippen LogP contribution in [0.2, 0.25) is 5.02 Å². The number of nitrogens with zero attached hydrogens (tertiary/aromatic N) is 1. The average Bonchev–Trinajstić information content (AvgIpc) is 2.66. The first-order chi connectivity index (χ1) is 13.8. The molecule has 0 unspecified atom stereocenters. The monoisotopic (exact) mass is 426 g/mol. The summed E-state index contributed by atoms with van der Waals surface area (Å²) in [4.78, 5) is 26.3. The van der Waals surface area contributed by atoms with Crippen LogP contribution in [0.25, 0.3) is 0 Å². The number of benzene rings is 2. The Hall–Kier alpha value is -2.58. The number of aliphatic hydroxyl groups is 1. The Morgan fingerprint density at radius 1 is 1.21 bits per heavy atom. The van der Waals surface area contributed by atoms with Crippen LogP contribution in [-0.4, -0.2) is 34.4 Å². The summed E-state index contributed by atoms with van der Waals surface area (Å²) in [5.41, 5.74) is -0.115. The molecular formula is C20H18ClF3N2O3. The predicted molar refractivity (Wildman–Crippen MR) is 99.3 cm³/mol. The van der Waals surface area contributed by atoms with Crippen molar-refractivity contribution in [2.24, 2.45) is 0 Å². The van der Waals surface area contributed by atoms with E-state index in [0.717, 1.165) is 18.2 Å². The first kappa shape index (κ1) is 21.1. The second-order valence-electron chi connectivity index (χ2n) is 6.77. The molecule has 2 N–H and O–H groups in total. The number of amides is 2. The Kier molecular flexibility index (Phi) is 6.44. The molecule has 3 rings (SSSR count). The Morgan fingerprint density at radius 3 is 2.66 bits per heavy atom. The molecular weight excluding hydrogens is 409 g/mol. The molecule has 0 bridgehead atoms. The second kappa shape index (κ2) is 8.84. The standard InChI is InChI=1S/C20H18ClF3N2O3/c21-12-4-6-14(16(24)8-12)18(27)19(28)25-17-2-1-7-26(20(17)29)10-11-3-5-13(22)9-15(11)23/h3-6,8-9,17-18,27H,1-2,7,10H2,(H,25,28)/t17-,18+/m1/s1. The number of carbonyl (C=O) groups is 2. The van der Waals surface area contributed by atoms with E-state index in [2.05, 4.69) is 5.32 Å². The fourth-order valence-electron chi connectivity index (χ4n) is 3.20. The van der Waals surface area contributed by atoms with Gasteiger partial charge in [-0.05, 0) is 31.0 Å². The van der Waals surface area contributed by atoms with Crippen molar-refractivity contribution in [1.82, 2.24) is 10.2 Å². The minimum atomic E-state index is -1.81. The van der Waals surface area contributed by atoms with Gasteiger partial charge in [0, 0.05) is 35.3 Å². The van der Waals surface area contributed by atoms with E-state index in [9.17, 15) is 27.9 Å². The summed E-state index contributed by atoms with van der Waals surface area (Å²) < 4.78 is 40.8. The maximum absolute atomic E-state index is 13.9. The molecule has 0 spiro atoms. The summed E-state index contributed by atoms with van der Waals surface area (Å²) in [6.07, 6.45) is -0.960. The molecule has 154 valence electrons. The van der Waals surface area contributed by atoms with E-state index >= 15 is 0 Å². The lowest BCUT2D eigenvalue weighted by Crippen LogP contribution is -2.52. The fraction of sp³-hybridized carbons (Fsp3) is 0.300. The minimum Gasteiger partial charge on any atom is -0.378 e. The number of aliphatic hydroxyl groups excluding tert-OH is 1. The van der Waals surface area contributed by atoms with Crippen molar-refractivity contribution in [2.75, 3.05) is 6.54 Å². The third kappa shape index (κ3) is 4.89. The largest absolute Gasteiger partial charge is 0.378 e. The van der Waals surface area contributed by atoms with Crippen molar-refractivity contribution in [3.63, 3.8) is 0 Å². The highest BCUT2D eigenvalue weighted by Gasteiger charge is 2.32. The Labute approximate surface area is 170 Å². The lowest BCUT2D eigenvalue weighted by Gasteiger charge is -2.33. The van der Waals surface area contributed by atoms with Crippen molar-refractivity contribution in [1.29, 1.82) is 0 Å². The molecule has 2 amide bonds. The van der Waals surface area contributed by atoms with Crippen LogP contribution in [0, 0.1) is 17.5 Å². The summed E-state index contributed by atoms with van der Waals surface area (Å²) in [7, 11) is 0. The van der Waals surface area contributed by atoms with Crippen molar-refractivity contribution in [3.05, 3.63) is 70.0 Å². The molecule has 2 aromatic rings. The Morgan fingerprint density at radius 2 is 1.97 bits per heavy atom. The maximum atomic E-state index is 13.9. The van der Waals surface area contributed by atoms with E-state index in [0.29, 0.717) is 19.4 Å². The smallest absolute Gasteiger partial charge is 0.254 e. The first-order valence-electron chi connectivity index (χ1n) is 8.92. The number of hydrogen-bond acceptors (Lipinski definition) is 3. The molecule has 9 heteroatoms. The zero-order valence-corrected chi connectivity index (χ0v) is 15.9. The topological polar surface area (TPSA) is 69.6 Å². The van der Waals surface area contributed by atoms with Gasteiger partial charge in [-0.3, -0.25) is 9.59 Å². The molecule has 0 aromatic heterocycles. The SMILES string of the molecule is O=C(N[C@@H]1CCCN(Cc2ccc(F)cc2F)C1=O)[C@@H](O)c1ccc(Cl)cc1F. The molecule has 29 heavy (non-hydrogen) atoms. The molecule has 0 aliphatic carbocycles. The van der Waals surface area contributed by atoms with E-state index in [-0.39, 0.29) is 22.7 Å². The van der Waals surface area contributed by atoms with Gasteiger partial charge in [-0.25, -0.2) is 13.2 Å². The molecule has 1 saturated heterocycles. The van der Waals surface area contributed by atoms with Crippen LogP contribution in [-0.2, 0) is 16.1 Å². The third-order valence-corrected chi connectivity index (χ3v) is 4.96. The van der Waals surface area contributed by atoms with Crippen LogP contribution >= 0.6 is 11.6 Å². The zero-order valence-electron chi connectivity index (χ0n) is 15.2. The molecule has 1 fully saturated rings. The summed E-state index contributed by atoms with van der Waals surface area (Å²) >= 11 is 5.66. The van der Waals surface area contributed by atoms with Gasteiger partial charge in [-0.1, -0.05) is 23.7 Å². The van der Waals surface area contributed by atoms with Gasteiger partial charge in [-0.2, -0.15) is 0 Å². The molecule has 2 atom stereocenters. The van der Waals surface area contributed by atoms with E-state index in [1.807, 2.05) is 0 Å². The molecule has 1 aliphatic heterocycles. The first-order valence-corrected chi connectivity index (χ1v) is 9.30. The van der Waals surface area contributed by atoms with Crippen LogP contribution in [0.5, 0.6) is 0 Å². The van der Waals surface area contributed by atoms with E-state index in [1.165, 1.54) is 23.1 Å². The highest BCUT2D eigenvalue weighted by Crippen LogP contribution is 2.22. The fourth-order valence-corrected chi connectivity index (χ4v) is 3.36. The van der Waals surface area contributed by atoms with E-state index in [4.69, 9.17) is 11.6 Å². The van der Waals surface area contributed by atoms with Crippen LogP contribution < -0.4 is 5.32 Å². The van der Waals surface area contributed by atoms with Crippen molar-refractivity contribution in [2.45, 2.75) is 31.5 Å². The van der Waals surface area contributed by atoms with Gasteiger partial charge in [0.2, 0.25) is 5.91 Å². The average molecular weight is 427 g/mol. The number of hydrogen-bond donors (Lipinski definition) is 2. The van der Waals surface area contributed by atoms with Gasteiger partial charge < -0.3 is 15.3 Å². The second-order valence-corrected chi connectivity index (χ2v) is 7.20. The number of nitrogens with one attached hydrogen (secondary N) is 1. The van der Waals surface area contributed by atoms with Crippen molar-refractivity contribution >= 4 is 23.4 Å². The van der Waals surface area contributed by atoms with Gasteiger partial charge in [0.25, 0.3) is 5.91 Å².